The summed E-state index contributed by atoms with van der Waals surface area (Å²) in [5.74, 6) is 0. The van der Waals surface area contributed by atoms with Gasteiger partial charge in [-0.3, -0.25) is 0 Å². The maximum atomic E-state index is 3.64. The topological polar surface area (TPSA) is 24.1 Å². The van der Waals surface area contributed by atoms with Crippen molar-refractivity contribution in [1.82, 2.24) is 10.6 Å². The fourth-order valence-corrected chi connectivity index (χ4v) is 2.48. The Bertz CT molecular complexity index is 354. The summed E-state index contributed by atoms with van der Waals surface area (Å²) in [6.07, 6.45) is 2.35. The van der Waals surface area contributed by atoms with E-state index in [1.54, 1.807) is 0 Å². The van der Waals surface area contributed by atoms with E-state index < -0.39 is 0 Å². The van der Waals surface area contributed by atoms with E-state index in [0.717, 1.165) is 19.5 Å². The Labute approximate surface area is 105 Å². The minimum Gasteiger partial charge on any atom is -0.312 e. The van der Waals surface area contributed by atoms with Crippen LogP contribution >= 0.6 is 0 Å². The number of aryl methyl sites for hydroxylation is 1. The molecule has 0 aromatic heterocycles. The van der Waals surface area contributed by atoms with Crippen molar-refractivity contribution in [3.63, 3.8) is 0 Å². The highest BCUT2D eigenvalue weighted by molar-refractivity contribution is 5.21. The molecule has 1 unspecified atom stereocenters. The zero-order chi connectivity index (χ0) is 12.3. The van der Waals surface area contributed by atoms with E-state index in [-0.39, 0.29) is 0 Å². The highest BCUT2D eigenvalue weighted by Gasteiger charge is 2.29. The van der Waals surface area contributed by atoms with Crippen LogP contribution in [0, 0.1) is 6.92 Å². The lowest BCUT2D eigenvalue weighted by Gasteiger charge is -2.17. The second-order valence-electron chi connectivity index (χ2n) is 5.86. The molecule has 2 heteroatoms. The average Bonchev–Trinajstić information content (AvgIpc) is 2.61. The number of hydrogen-bond acceptors (Lipinski definition) is 2. The van der Waals surface area contributed by atoms with E-state index in [4.69, 9.17) is 0 Å². The van der Waals surface area contributed by atoms with Crippen molar-refractivity contribution >= 4 is 0 Å². The zero-order valence-corrected chi connectivity index (χ0v) is 11.2. The Kier molecular flexibility index (Phi) is 3.85. The summed E-state index contributed by atoms with van der Waals surface area (Å²) in [6.45, 7) is 8.85. The molecule has 1 aromatic carbocycles. The molecular weight excluding hydrogens is 208 g/mol. The first kappa shape index (κ1) is 12.6. The third-order valence-electron chi connectivity index (χ3n) is 3.55. The van der Waals surface area contributed by atoms with Crippen LogP contribution < -0.4 is 10.6 Å². The average molecular weight is 232 g/mol. The van der Waals surface area contributed by atoms with Gasteiger partial charge in [0, 0.05) is 18.1 Å². The van der Waals surface area contributed by atoms with E-state index in [9.17, 15) is 0 Å². The first-order valence-corrected chi connectivity index (χ1v) is 6.59. The SMILES string of the molecule is Cc1ccc(CCNC2CNC(C)(C)C2)cc1. The maximum absolute atomic E-state index is 3.64. The molecule has 0 spiro atoms. The third kappa shape index (κ3) is 3.83. The summed E-state index contributed by atoms with van der Waals surface area (Å²) >= 11 is 0. The van der Waals surface area contributed by atoms with E-state index in [2.05, 4.69) is 55.7 Å². The molecule has 0 saturated carbocycles. The fraction of sp³-hybridized carbons (Fsp3) is 0.600. The van der Waals surface area contributed by atoms with E-state index in [0.29, 0.717) is 11.6 Å². The highest BCUT2D eigenvalue weighted by Crippen LogP contribution is 2.17. The van der Waals surface area contributed by atoms with Gasteiger partial charge in [-0.2, -0.15) is 0 Å². The van der Waals surface area contributed by atoms with E-state index in [1.807, 2.05) is 0 Å². The van der Waals surface area contributed by atoms with Crippen molar-refractivity contribution < 1.29 is 0 Å². The van der Waals surface area contributed by atoms with Crippen LogP contribution in [0.1, 0.15) is 31.4 Å². The lowest BCUT2D eigenvalue weighted by molar-refractivity contribution is 0.443. The first-order chi connectivity index (χ1) is 8.05. The summed E-state index contributed by atoms with van der Waals surface area (Å²) in [6, 6.07) is 9.47. The van der Waals surface area contributed by atoms with E-state index in [1.165, 1.54) is 17.5 Å². The van der Waals surface area contributed by atoms with Crippen LogP contribution in [0.3, 0.4) is 0 Å². The van der Waals surface area contributed by atoms with E-state index >= 15 is 0 Å². The molecule has 0 bridgehead atoms. The number of benzene rings is 1. The molecule has 2 nitrogen and oxygen atoms in total. The fourth-order valence-electron chi connectivity index (χ4n) is 2.48. The molecular formula is C15H24N2. The van der Waals surface area contributed by atoms with Gasteiger partial charge in [0.05, 0.1) is 0 Å². The van der Waals surface area contributed by atoms with Crippen LogP contribution in [0.15, 0.2) is 24.3 Å². The van der Waals surface area contributed by atoms with Gasteiger partial charge in [0.25, 0.3) is 0 Å². The van der Waals surface area contributed by atoms with Crippen LogP contribution in [-0.2, 0) is 6.42 Å². The third-order valence-corrected chi connectivity index (χ3v) is 3.55. The molecule has 17 heavy (non-hydrogen) atoms. The molecule has 1 aliphatic rings. The minimum atomic E-state index is 0.307. The molecule has 2 N–H and O–H groups in total. The smallest absolute Gasteiger partial charge is 0.0210 e. The molecule has 1 heterocycles. The monoisotopic (exact) mass is 232 g/mol. The standard InChI is InChI=1S/C15H24N2/c1-12-4-6-13(7-5-12)8-9-16-14-10-15(2,3)17-11-14/h4-7,14,16-17H,8-11H2,1-3H3. The quantitative estimate of drug-likeness (QED) is 0.832. The van der Waals surface area contributed by atoms with Gasteiger partial charge in [-0.1, -0.05) is 29.8 Å². The number of rotatable bonds is 4. The lowest BCUT2D eigenvalue weighted by atomic mass is 10.0. The van der Waals surface area contributed by atoms with Crippen LogP contribution in [0.4, 0.5) is 0 Å². The molecule has 1 aromatic rings. The molecule has 1 saturated heterocycles. The molecule has 0 aliphatic carbocycles. The van der Waals surface area contributed by atoms with Crippen molar-refractivity contribution in [3.8, 4) is 0 Å². The summed E-state index contributed by atoms with van der Waals surface area (Å²) in [4.78, 5) is 0. The Morgan fingerprint density at radius 3 is 2.59 bits per heavy atom. The van der Waals surface area contributed by atoms with Crippen LogP contribution in [0.5, 0.6) is 0 Å². The van der Waals surface area contributed by atoms with Crippen LogP contribution in [0.2, 0.25) is 0 Å². The van der Waals surface area contributed by atoms with Crippen molar-refractivity contribution in [2.75, 3.05) is 13.1 Å². The highest BCUT2D eigenvalue weighted by atomic mass is 15.1. The van der Waals surface area contributed by atoms with Crippen molar-refractivity contribution in [1.29, 1.82) is 0 Å². The second-order valence-corrected chi connectivity index (χ2v) is 5.86. The predicted octanol–water partition coefficient (Wildman–Crippen LogP) is 2.27. The summed E-state index contributed by atoms with van der Waals surface area (Å²) in [5.41, 5.74) is 3.07. The van der Waals surface area contributed by atoms with Gasteiger partial charge in [0.2, 0.25) is 0 Å². The van der Waals surface area contributed by atoms with Gasteiger partial charge in [0.1, 0.15) is 0 Å². The van der Waals surface area contributed by atoms with Gasteiger partial charge in [-0.15, -0.1) is 0 Å². The normalized spacial score (nSPS) is 22.9. The largest absolute Gasteiger partial charge is 0.312 e. The summed E-state index contributed by atoms with van der Waals surface area (Å²) in [5, 5.41) is 7.18. The molecule has 1 aliphatic heterocycles. The van der Waals surface area contributed by atoms with Gasteiger partial charge < -0.3 is 10.6 Å². The van der Waals surface area contributed by atoms with Crippen LogP contribution in [0.25, 0.3) is 0 Å². The summed E-state index contributed by atoms with van der Waals surface area (Å²) in [7, 11) is 0. The molecule has 94 valence electrons. The Morgan fingerprint density at radius 2 is 2.00 bits per heavy atom. The Balaban J connectivity index is 1.71. The molecule has 1 atom stereocenters. The molecule has 1 fully saturated rings. The van der Waals surface area contributed by atoms with Crippen molar-refractivity contribution in [3.05, 3.63) is 35.4 Å². The van der Waals surface area contributed by atoms with Crippen molar-refractivity contribution in [2.45, 2.75) is 45.2 Å². The minimum absolute atomic E-state index is 0.307. The van der Waals surface area contributed by atoms with Gasteiger partial charge in [0.15, 0.2) is 0 Å². The predicted molar refractivity (Wildman–Crippen MR) is 73.4 cm³/mol. The van der Waals surface area contributed by atoms with Crippen LogP contribution in [-0.4, -0.2) is 24.7 Å². The molecule has 0 radical (unpaired) electrons. The van der Waals surface area contributed by atoms with Gasteiger partial charge in [-0.05, 0) is 45.7 Å². The van der Waals surface area contributed by atoms with Gasteiger partial charge in [-0.25, -0.2) is 0 Å². The Morgan fingerprint density at radius 1 is 1.29 bits per heavy atom. The first-order valence-electron chi connectivity index (χ1n) is 6.59. The maximum Gasteiger partial charge on any atom is 0.0210 e. The lowest BCUT2D eigenvalue weighted by Crippen LogP contribution is -2.32. The molecule has 2 rings (SSSR count). The number of hydrogen-bond donors (Lipinski definition) is 2. The zero-order valence-electron chi connectivity index (χ0n) is 11.2. The Hall–Kier alpha value is -0.860. The number of nitrogens with one attached hydrogen (secondary N) is 2. The second kappa shape index (κ2) is 5.19. The molecule has 0 amide bonds. The van der Waals surface area contributed by atoms with Gasteiger partial charge >= 0.3 is 0 Å². The van der Waals surface area contributed by atoms with Crippen molar-refractivity contribution in [2.24, 2.45) is 0 Å². The summed E-state index contributed by atoms with van der Waals surface area (Å²) < 4.78 is 0.